The number of aromatic amines is 1. The molecule has 0 aliphatic carbocycles. The van der Waals surface area contributed by atoms with Crippen molar-refractivity contribution < 1.29 is 22.4 Å². The normalized spacial score (nSPS) is 13.9. The molecule has 1 fully saturated rings. The molecule has 1 aliphatic heterocycles. The van der Waals surface area contributed by atoms with Crippen LogP contribution in [0.2, 0.25) is 0 Å². The highest BCUT2D eigenvalue weighted by molar-refractivity contribution is 7.89. The monoisotopic (exact) mass is 519 g/mol. The molecule has 0 radical (unpaired) electrons. The molecule has 4 heterocycles. The van der Waals surface area contributed by atoms with E-state index in [0.717, 1.165) is 17.5 Å². The third kappa shape index (κ3) is 5.53. The van der Waals surface area contributed by atoms with Crippen molar-refractivity contribution in [1.82, 2.24) is 24.9 Å². The number of benzene rings is 1. The van der Waals surface area contributed by atoms with Gasteiger partial charge < -0.3 is 19.4 Å². The van der Waals surface area contributed by atoms with Crippen LogP contribution in [-0.2, 0) is 14.8 Å². The Labute approximate surface area is 206 Å². The van der Waals surface area contributed by atoms with Crippen molar-refractivity contribution in [2.45, 2.75) is 0 Å². The van der Waals surface area contributed by atoms with Crippen LogP contribution in [-0.4, -0.2) is 67.0 Å². The van der Waals surface area contributed by atoms with Gasteiger partial charge in [0.15, 0.2) is 23.0 Å². The van der Waals surface area contributed by atoms with E-state index < -0.39 is 15.9 Å². The number of rotatable bonds is 6. The summed E-state index contributed by atoms with van der Waals surface area (Å²) in [5.41, 5.74) is 2.42. The Kier molecular flexibility index (Phi) is 6.91. The molecule has 4 aromatic rings. The Morgan fingerprint density at radius 3 is 2.57 bits per heavy atom. The van der Waals surface area contributed by atoms with Crippen LogP contribution in [0.4, 0.5) is 17.6 Å². The number of hydrogen-bond acceptors (Lipinski definition) is 10. The highest BCUT2D eigenvalue weighted by Gasteiger charge is 2.24. The van der Waals surface area contributed by atoms with Gasteiger partial charge in [-0.05, 0) is 5.56 Å². The largest absolute Gasteiger partial charge is 0.445 e. The second-order valence-electron chi connectivity index (χ2n) is 7.66. The van der Waals surface area contributed by atoms with Gasteiger partial charge in [-0.2, -0.15) is 10.1 Å². The number of nitrogens with zero attached hydrogens (tertiary/aromatic N) is 4. The maximum absolute atomic E-state index is 12.3. The number of fused-ring (bicyclic) bond motifs is 1. The number of morpholine rings is 1. The van der Waals surface area contributed by atoms with E-state index in [9.17, 15) is 13.2 Å². The molecule has 0 bridgehead atoms. The number of carbonyl (C=O) groups excluding carboxylic acids is 1. The summed E-state index contributed by atoms with van der Waals surface area (Å²) in [6.07, 6.45) is 0.891. The fourth-order valence-electron chi connectivity index (χ4n) is 3.56. The van der Waals surface area contributed by atoms with Gasteiger partial charge in [0.25, 0.3) is 0 Å². The van der Waals surface area contributed by atoms with E-state index in [1.807, 2.05) is 46.0 Å². The number of H-pyrrole nitrogens is 1. The molecule has 0 atom stereocenters. The molecule has 35 heavy (non-hydrogen) atoms. The van der Waals surface area contributed by atoms with Crippen LogP contribution >= 0.6 is 12.4 Å². The van der Waals surface area contributed by atoms with Crippen molar-refractivity contribution >= 4 is 57.0 Å². The summed E-state index contributed by atoms with van der Waals surface area (Å²) in [6, 6.07) is 12.9. The zero-order valence-corrected chi connectivity index (χ0v) is 20.1. The lowest BCUT2D eigenvalue weighted by Gasteiger charge is -2.27. The lowest BCUT2D eigenvalue weighted by atomic mass is 10.2. The number of anilines is 3. The van der Waals surface area contributed by atoms with E-state index in [-0.39, 0.29) is 29.7 Å². The zero-order chi connectivity index (χ0) is 23.7. The molecule has 1 aliphatic rings. The average molecular weight is 520 g/mol. The predicted octanol–water partition coefficient (Wildman–Crippen LogP) is 2.30. The Bertz CT molecular complexity index is 1450. The smallest absolute Gasteiger partial charge is 0.300 e. The molecule has 0 spiro atoms. The van der Waals surface area contributed by atoms with Crippen LogP contribution in [0.5, 0.6) is 0 Å². The van der Waals surface area contributed by atoms with Crippen LogP contribution < -0.4 is 14.9 Å². The minimum absolute atomic E-state index is 0. The second-order valence-corrected chi connectivity index (χ2v) is 9.40. The fourth-order valence-corrected chi connectivity index (χ4v) is 3.99. The van der Waals surface area contributed by atoms with Gasteiger partial charge in [0.05, 0.1) is 25.2 Å². The van der Waals surface area contributed by atoms with E-state index >= 15 is 0 Å². The van der Waals surface area contributed by atoms with Crippen molar-refractivity contribution in [2.75, 3.05) is 42.8 Å². The number of carbonyl (C=O) groups is 1. The number of hydrogen-bond donors (Lipinski definition) is 3. The molecule has 12 nitrogen and oxygen atoms in total. The highest BCUT2D eigenvalue weighted by atomic mass is 35.5. The highest BCUT2D eigenvalue weighted by Crippen LogP contribution is 2.30. The Hall–Kier alpha value is -3.68. The first kappa shape index (κ1) is 24.4. The Morgan fingerprint density at radius 1 is 1.11 bits per heavy atom. The van der Waals surface area contributed by atoms with Crippen molar-refractivity contribution in [3.8, 4) is 11.3 Å². The lowest BCUT2D eigenvalue weighted by molar-refractivity contribution is 0.0956. The molecule has 184 valence electrons. The fraction of sp³-hybridized carbons (Fsp3) is 0.238. The topological polar surface area (TPSA) is 155 Å². The van der Waals surface area contributed by atoms with E-state index in [4.69, 9.17) is 9.15 Å². The molecule has 1 aromatic carbocycles. The second kappa shape index (κ2) is 9.90. The molecular formula is C21H22ClN7O5S. The van der Waals surface area contributed by atoms with Gasteiger partial charge in [0, 0.05) is 25.2 Å². The number of sulfonamides is 1. The van der Waals surface area contributed by atoms with Crippen LogP contribution in [0.1, 0.15) is 10.6 Å². The van der Waals surface area contributed by atoms with Crippen molar-refractivity contribution in [3.05, 3.63) is 48.2 Å². The molecule has 0 saturated carbocycles. The lowest BCUT2D eigenvalue weighted by Crippen LogP contribution is -2.37. The summed E-state index contributed by atoms with van der Waals surface area (Å²) >= 11 is 0. The summed E-state index contributed by atoms with van der Waals surface area (Å²) < 4.78 is 35.9. The standard InChI is InChI=1S/C21H21N7O5S.ClH/c1-34(30,31)27-20(29)16-11-15-18(33-16)19(28-7-9-32-10-8-28)24-21(22-15)23-17-12-14(25-26-17)13-5-3-2-4-6-13;/h2-6,11-12H,7-10H2,1H3,(H,27,29)(H2,22,23,24,25,26);1H. The molecule has 14 heteroatoms. The summed E-state index contributed by atoms with van der Waals surface area (Å²) in [4.78, 5) is 23.3. The van der Waals surface area contributed by atoms with Gasteiger partial charge in [-0.3, -0.25) is 9.89 Å². The number of furan rings is 1. The Morgan fingerprint density at radius 2 is 1.86 bits per heavy atom. The molecule has 0 unspecified atom stereocenters. The van der Waals surface area contributed by atoms with E-state index in [0.29, 0.717) is 43.5 Å². The predicted molar refractivity (Wildman–Crippen MR) is 132 cm³/mol. The van der Waals surface area contributed by atoms with Crippen LogP contribution in [0.3, 0.4) is 0 Å². The van der Waals surface area contributed by atoms with Crippen molar-refractivity contribution in [1.29, 1.82) is 0 Å². The van der Waals surface area contributed by atoms with Crippen molar-refractivity contribution in [2.24, 2.45) is 0 Å². The van der Waals surface area contributed by atoms with Crippen LogP contribution in [0.15, 0.2) is 46.9 Å². The third-order valence-electron chi connectivity index (χ3n) is 5.07. The zero-order valence-electron chi connectivity index (χ0n) is 18.5. The van der Waals surface area contributed by atoms with Crippen LogP contribution in [0.25, 0.3) is 22.4 Å². The summed E-state index contributed by atoms with van der Waals surface area (Å²) in [7, 11) is -3.76. The maximum atomic E-state index is 12.3. The van der Waals surface area contributed by atoms with Gasteiger partial charge in [0.2, 0.25) is 16.0 Å². The number of amides is 1. The van der Waals surface area contributed by atoms with Gasteiger partial charge in [0.1, 0.15) is 5.52 Å². The van der Waals surface area contributed by atoms with Crippen molar-refractivity contribution in [3.63, 3.8) is 0 Å². The van der Waals surface area contributed by atoms with E-state index in [2.05, 4.69) is 25.5 Å². The summed E-state index contributed by atoms with van der Waals surface area (Å²) in [5.74, 6) is 0.143. The molecule has 1 amide bonds. The maximum Gasteiger partial charge on any atom is 0.300 e. The van der Waals surface area contributed by atoms with E-state index in [1.54, 1.807) is 0 Å². The first-order chi connectivity index (χ1) is 16.4. The average Bonchev–Trinajstić information content (AvgIpc) is 3.46. The minimum Gasteiger partial charge on any atom is -0.445 e. The van der Waals surface area contributed by atoms with E-state index in [1.165, 1.54) is 6.07 Å². The minimum atomic E-state index is -3.76. The quantitative estimate of drug-likeness (QED) is 0.345. The first-order valence-electron chi connectivity index (χ1n) is 10.4. The molecule has 1 saturated heterocycles. The third-order valence-corrected chi connectivity index (χ3v) is 5.62. The van der Waals surface area contributed by atoms with Gasteiger partial charge in [-0.25, -0.2) is 18.1 Å². The number of nitrogens with one attached hydrogen (secondary N) is 3. The van der Waals surface area contributed by atoms with Gasteiger partial charge in [-0.15, -0.1) is 12.4 Å². The molecule has 5 rings (SSSR count). The summed E-state index contributed by atoms with van der Waals surface area (Å²) in [5, 5.41) is 10.3. The molecular weight excluding hydrogens is 498 g/mol. The number of halogens is 1. The SMILES string of the molecule is CS(=O)(=O)NC(=O)c1cc2nc(Nc3cc(-c4ccccc4)[nH]n3)nc(N3CCOCC3)c2o1.Cl. The number of ether oxygens (including phenoxy) is 1. The van der Waals surface area contributed by atoms with Gasteiger partial charge in [-0.1, -0.05) is 30.3 Å². The molecule has 3 N–H and O–H groups in total. The number of aromatic nitrogens is 4. The Balaban J connectivity index is 0.00000289. The first-order valence-corrected chi connectivity index (χ1v) is 12.3. The van der Waals surface area contributed by atoms with Gasteiger partial charge >= 0.3 is 5.91 Å². The summed E-state index contributed by atoms with van der Waals surface area (Å²) in [6.45, 7) is 2.15. The molecule has 3 aromatic heterocycles. The van der Waals surface area contributed by atoms with Crippen LogP contribution in [0, 0.1) is 0 Å².